The highest BCUT2D eigenvalue weighted by atomic mass is 35.5. The van der Waals surface area contributed by atoms with Gasteiger partial charge in [0.25, 0.3) is 10.0 Å². The monoisotopic (exact) mass is 309 g/mol. The molecule has 104 valence electrons. The van der Waals surface area contributed by atoms with Gasteiger partial charge in [-0.25, -0.2) is 8.42 Å². The van der Waals surface area contributed by atoms with Gasteiger partial charge in [-0.1, -0.05) is 38.3 Å². The zero-order chi connectivity index (χ0) is 13.6. The Kier molecular flexibility index (Phi) is 6.63. The predicted molar refractivity (Wildman–Crippen MR) is 77.9 cm³/mol. The molecule has 0 aliphatic heterocycles. The first kappa shape index (κ1) is 16.0. The number of hydrogen-bond acceptors (Lipinski definition) is 3. The van der Waals surface area contributed by atoms with Crippen molar-refractivity contribution >= 4 is 33.0 Å². The van der Waals surface area contributed by atoms with Crippen LogP contribution in [0, 0.1) is 0 Å². The highest BCUT2D eigenvalue weighted by Gasteiger charge is 2.24. The molecule has 0 aliphatic carbocycles. The minimum absolute atomic E-state index is 0.347. The van der Waals surface area contributed by atoms with Crippen LogP contribution in [-0.4, -0.2) is 25.8 Å². The molecule has 0 radical (unpaired) electrons. The van der Waals surface area contributed by atoms with Crippen LogP contribution < -0.4 is 0 Å². The Morgan fingerprint density at radius 3 is 2.11 bits per heavy atom. The fourth-order valence-corrected chi connectivity index (χ4v) is 4.74. The number of nitrogens with zero attached hydrogens (tertiary/aromatic N) is 1. The van der Waals surface area contributed by atoms with Crippen LogP contribution in [0.1, 0.15) is 39.5 Å². The number of halogens is 1. The summed E-state index contributed by atoms with van der Waals surface area (Å²) in [6.45, 7) is 5.31. The molecule has 1 aromatic heterocycles. The molecule has 18 heavy (non-hydrogen) atoms. The lowest BCUT2D eigenvalue weighted by Gasteiger charge is -2.20. The van der Waals surface area contributed by atoms with E-state index in [2.05, 4.69) is 13.8 Å². The number of thiophene rings is 1. The van der Waals surface area contributed by atoms with Crippen LogP contribution in [0.2, 0.25) is 4.34 Å². The normalized spacial score (nSPS) is 12.2. The molecule has 0 atom stereocenters. The fraction of sp³-hybridized carbons (Fsp3) is 0.667. The Morgan fingerprint density at radius 1 is 1.17 bits per heavy atom. The third-order valence-electron chi connectivity index (χ3n) is 2.66. The molecule has 1 aromatic rings. The summed E-state index contributed by atoms with van der Waals surface area (Å²) in [6.07, 6.45) is 3.76. The van der Waals surface area contributed by atoms with Crippen molar-refractivity contribution in [2.24, 2.45) is 0 Å². The summed E-state index contributed by atoms with van der Waals surface area (Å²) in [6, 6.07) is 3.23. The van der Waals surface area contributed by atoms with Crippen LogP contribution in [0.25, 0.3) is 0 Å². The standard InChI is InChI=1S/C12H20ClNO2S2/c1-3-5-9-14(10-6-4-2)18(15,16)12-8-7-11(13)17-12/h7-8H,3-6,9-10H2,1-2H3. The molecule has 0 saturated heterocycles. The Labute approximate surface area is 119 Å². The van der Waals surface area contributed by atoms with Gasteiger partial charge in [-0.05, 0) is 25.0 Å². The van der Waals surface area contributed by atoms with Gasteiger partial charge in [0.1, 0.15) is 4.21 Å². The third-order valence-corrected chi connectivity index (χ3v) is 6.26. The largest absolute Gasteiger partial charge is 0.252 e. The Bertz CT molecular complexity index is 448. The Balaban J connectivity index is 2.88. The highest BCUT2D eigenvalue weighted by molar-refractivity contribution is 7.91. The van der Waals surface area contributed by atoms with Crippen LogP contribution in [0.15, 0.2) is 16.3 Å². The lowest BCUT2D eigenvalue weighted by molar-refractivity contribution is 0.396. The molecule has 1 heterocycles. The number of sulfonamides is 1. The van der Waals surface area contributed by atoms with E-state index in [1.165, 1.54) is 0 Å². The van der Waals surface area contributed by atoms with Gasteiger partial charge in [-0.3, -0.25) is 0 Å². The van der Waals surface area contributed by atoms with E-state index in [4.69, 9.17) is 11.6 Å². The maximum atomic E-state index is 12.4. The molecule has 6 heteroatoms. The number of hydrogen-bond donors (Lipinski definition) is 0. The van der Waals surface area contributed by atoms with Crippen molar-refractivity contribution in [2.45, 2.75) is 43.7 Å². The van der Waals surface area contributed by atoms with Crippen molar-refractivity contribution in [2.75, 3.05) is 13.1 Å². The number of rotatable bonds is 8. The van der Waals surface area contributed by atoms with E-state index in [0.717, 1.165) is 37.0 Å². The Morgan fingerprint density at radius 2 is 1.72 bits per heavy atom. The molecular weight excluding hydrogens is 290 g/mol. The molecule has 3 nitrogen and oxygen atoms in total. The van der Waals surface area contributed by atoms with Crippen molar-refractivity contribution in [1.29, 1.82) is 0 Å². The van der Waals surface area contributed by atoms with Gasteiger partial charge in [-0.15, -0.1) is 11.3 Å². The van der Waals surface area contributed by atoms with Gasteiger partial charge in [0.15, 0.2) is 0 Å². The molecule has 0 bridgehead atoms. The van der Waals surface area contributed by atoms with Gasteiger partial charge >= 0.3 is 0 Å². The van der Waals surface area contributed by atoms with Crippen molar-refractivity contribution in [3.05, 3.63) is 16.5 Å². The van der Waals surface area contributed by atoms with Gasteiger partial charge in [-0.2, -0.15) is 4.31 Å². The van der Waals surface area contributed by atoms with Crippen LogP contribution in [0.3, 0.4) is 0 Å². The second kappa shape index (κ2) is 7.48. The van der Waals surface area contributed by atoms with E-state index < -0.39 is 10.0 Å². The summed E-state index contributed by atoms with van der Waals surface area (Å²) < 4.78 is 27.3. The first-order valence-corrected chi connectivity index (χ1v) is 8.91. The molecule has 0 N–H and O–H groups in total. The van der Waals surface area contributed by atoms with Gasteiger partial charge in [0, 0.05) is 13.1 Å². The average molecular weight is 310 g/mol. The second-order valence-electron chi connectivity index (χ2n) is 4.17. The lowest BCUT2D eigenvalue weighted by atomic mass is 10.3. The summed E-state index contributed by atoms with van der Waals surface area (Å²) in [4.78, 5) is 0. The maximum Gasteiger partial charge on any atom is 0.252 e. The van der Waals surface area contributed by atoms with E-state index in [-0.39, 0.29) is 0 Å². The molecule has 0 aromatic carbocycles. The van der Waals surface area contributed by atoms with Crippen molar-refractivity contribution < 1.29 is 8.42 Å². The summed E-state index contributed by atoms with van der Waals surface area (Å²) in [5, 5.41) is 0. The van der Waals surface area contributed by atoms with E-state index in [1.807, 2.05) is 0 Å². The van der Waals surface area contributed by atoms with Gasteiger partial charge in [0.2, 0.25) is 0 Å². The van der Waals surface area contributed by atoms with Crippen LogP contribution in [0.5, 0.6) is 0 Å². The molecule has 1 rings (SSSR count). The second-order valence-corrected chi connectivity index (χ2v) is 8.05. The van der Waals surface area contributed by atoms with E-state index in [1.54, 1.807) is 16.4 Å². The van der Waals surface area contributed by atoms with Crippen LogP contribution >= 0.6 is 22.9 Å². The summed E-state index contributed by atoms with van der Waals surface area (Å²) in [5.74, 6) is 0. The van der Waals surface area contributed by atoms with Crippen molar-refractivity contribution in [3.63, 3.8) is 0 Å². The molecule has 0 aliphatic rings. The molecule has 0 saturated carbocycles. The molecule has 0 fully saturated rings. The predicted octanol–water partition coefficient (Wildman–Crippen LogP) is 3.99. The van der Waals surface area contributed by atoms with Crippen LogP contribution in [0.4, 0.5) is 0 Å². The lowest BCUT2D eigenvalue weighted by Crippen LogP contribution is -2.32. The zero-order valence-corrected chi connectivity index (χ0v) is 13.2. The van der Waals surface area contributed by atoms with Crippen LogP contribution in [-0.2, 0) is 10.0 Å². The maximum absolute atomic E-state index is 12.4. The summed E-state index contributed by atoms with van der Waals surface area (Å²) in [5.41, 5.74) is 0. The molecular formula is C12H20ClNO2S2. The average Bonchev–Trinajstić information content (AvgIpc) is 2.76. The number of unbranched alkanes of at least 4 members (excludes halogenated alkanes) is 2. The minimum atomic E-state index is -3.36. The smallest absolute Gasteiger partial charge is 0.206 e. The molecule has 0 unspecified atom stereocenters. The minimum Gasteiger partial charge on any atom is -0.206 e. The fourth-order valence-electron chi connectivity index (χ4n) is 1.58. The highest BCUT2D eigenvalue weighted by Crippen LogP contribution is 2.28. The summed E-state index contributed by atoms with van der Waals surface area (Å²) >= 11 is 6.94. The molecule has 0 spiro atoms. The quantitative estimate of drug-likeness (QED) is 0.728. The third kappa shape index (κ3) is 4.23. The SMILES string of the molecule is CCCCN(CCCC)S(=O)(=O)c1ccc(Cl)s1. The summed E-state index contributed by atoms with van der Waals surface area (Å²) in [7, 11) is -3.36. The molecule has 0 amide bonds. The van der Waals surface area contributed by atoms with Crippen molar-refractivity contribution in [3.8, 4) is 0 Å². The topological polar surface area (TPSA) is 37.4 Å². The Hall–Kier alpha value is -0.100. The van der Waals surface area contributed by atoms with Gasteiger partial charge < -0.3 is 0 Å². The zero-order valence-electron chi connectivity index (χ0n) is 10.9. The van der Waals surface area contributed by atoms with E-state index in [9.17, 15) is 8.42 Å². The van der Waals surface area contributed by atoms with Gasteiger partial charge in [0.05, 0.1) is 4.34 Å². The van der Waals surface area contributed by atoms with E-state index >= 15 is 0 Å². The first-order valence-electron chi connectivity index (χ1n) is 6.27. The first-order chi connectivity index (χ1) is 8.52. The van der Waals surface area contributed by atoms with Crippen molar-refractivity contribution in [1.82, 2.24) is 4.31 Å². The van der Waals surface area contributed by atoms with E-state index in [0.29, 0.717) is 21.6 Å².